The lowest BCUT2D eigenvalue weighted by Crippen LogP contribution is -2.30. The molecule has 134 valence electrons. The number of nitrogens with two attached hydrogens (primary N) is 1. The number of thiophene rings is 1. The van der Waals surface area contributed by atoms with Crippen molar-refractivity contribution < 1.29 is 14.4 Å². The van der Waals surface area contributed by atoms with Gasteiger partial charge in [0, 0.05) is 19.4 Å². The maximum absolute atomic E-state index is 11.7. The number of hydrogen-bond acceptors (Lipinski definition) is 7. The third kappa shape index (κ3) is 5.84. The molecule has 1 aliphatic rings. The Labute approximate surface area is 145 Å². The molecule has 2 heterocycles. The predicted octanol–water partition coefficient (Wildman–Crippen LogP) is 0.791. The second-order valence-corrected chi connectivity index (χ2v) is 6.41. The monoisotopic (exact) mass is 355 g/mol. The van der Waals surface area contributed by atoms with Crippen LogP contribution in [0.4, 0.5) is 5.00 Å². The Morgan fingerprint density at radius 1 is 1.42 bits per heavy atom. The molecule has 1 saturated heterocycles. The van der Waals surface area contributed by atoms with E-state index in [4.69, 9.17) is 10.6 Å². The van der Waals surface area contributed by atoms with Crippen LogP contribution < -0.4 is 27.2 Å². The van der Waals surface area contributed by atoms with Crippen molar-refractivity contribution in [2.75, 3.05) is 18.4 Å². The smallest absolute Gasteiger partial charge is 0.224 e. The first-order valence-electron chi connectivity index (χ1n) is 8.14. The second kappa shape index (κ2) is 9.70. The molecular formula is C15H25N5O3S. The van der Waals surface area contributed by atoms with Gasteiger partial charge < -0.3 is 16.4 Å². The molecule has 0 aromatic carbocycles. The first-order valence-corrected chi connectivity index (χ1v) is 9.02. The zero-order valence-electron chi connectivity index (χ0n) is 13.8. The second-order valence-electron chi connectivity index (χ2n) is 5.50. The van der Waals surface area contributed by atoms with Crippen molar-refractivity contribution in [1.82, 2.24) is 16.1 Å². The van der Waals surface area contributed by atoms with E-state index in [1.54, 1.807) is 0 Å². The van der Waals surface area contributed by atoms with Crippen LogP contribution in [0.1, 0.15) is 44.3 Å². The van der Waals surface area contributed by atoms with E-state index >= 15 is 0 Å². The van der Waals surface area contributed by atoms with Gasteiger partial charge in [-0.1, -0.05) is 6.92 Å². The Hall–Kier alpha value is -1.52. The first-order chi connectivity index (χ1) is 11.6. The van der Waals surface area contributed by atoms with E-state index in [0.717, 1.165) is 17.0 Å². The summed E-state index contributed by atoms with van der Waals surface area (Å²) < 4.78 is 0. The van der Waals surface area contributed by atoms with Gasteiger partial charge in [0.2, 0.25) is 11.8 Å². The highest BCUT2D eigenvalue weighted by Crippen LogP contribution is 2.26. The van der Waals surface area contributed by atoms with E-state index in [2.05, 4.69) is 21.4 Å². The van der Waals surface area contributed by atoms with E-state index in [-0.39, 0.29) is 24.2 Å². The van der Waals surface area contributed by atoms with Crippen LogP contribution in [0.15, 0.2) is 11.4 Å². The lowest BCUT2D eigenvalue weighted by molar-refractivity contribution is -0.122. The molecular weight excluding hydrogens is 330 g/mol. The van der Waals surface area contributed by atoms with Gasteiger partial charge in [0.1, 0.15) is 12.4 Å². The Morgan fingerprint density at radius 2 is 2.25 bits per heavy atom. The average molecular weight is 355 g/mol. The molecule has 1 aromatic heterocycles. The number of anilines is 1. The summed E-state index contributed by atoms with van der Waals surface area (Å²) >= 11 is 1.47. The van der Waals surface area contributed by atoms with Crippen molar-refractivity contribution in [3.8, 4) is 0 Å². The standard InChI is InChI=1S/C15H25N5O3S/c1-2-11(21)18-14-8-10(9-24-14)15-19-13(23-20-15)5-4-12(22)17-7-3-6-16/h8-9,13,15,19-20H,2-7,16H2,1H3,(H,17,22)(H,18,21). The van der Waals surface area contributed by atoms with E-state index in [9.17, 15) is 9.59 Å². The van der Waals surface area contributed by atoms with Crippen LogP contribution in [0.25, 0.3) is 0 Å². The third-order valence-corrected chi connectivity index (χ3v) is 4.42. The summed E-state index contributed by atoms with van der Waals surface area (Å²) in [7, 11) is 0. The van der Waals surface area contributed by atoms with Crippen LogP contribution in [0, 0.1) is 0 Å². The van der Waals surface area contributed by atoms with Gasteiger partial charge in [0.25, 0.3) is 0 Å². The molecule has 0 radical (unpaired) electrons. The van der Waals surface area contributed by atoms with Gasteiger partial charge in [-0.15, -0.1) is 11.3 Å². The van der Waals surface area contributed by atoms with E-state index in [1.807, 2.05) is 18.4 Å². The van der Waals surface area contributed by atoms with Gasteiger partial charge in [-0.2, -0.15) is 5.48 Å². The van der Waals surface area contributed by atoms with E-state index < -0.39 is 0 Å². The molecule has 1 aromatic rings. The Balaban J connectivity index is 1.72. The summed E-state index contributed by atoms with van der Waals surface area (Å²) in [6, 6.07) is 1.91. The van der Waals surface area contributed by atoms with Gasteiger partial charge in [-0.05, 0) is 36.4 Å². The molecule has 2 rings (SSSR count). The summed E-state index contributed by atoms with van der Waals surface area (Å²) in [6.45, 7) is 2.99. The lowest BCUT2D eigenvalue weighted by Gasteiger charge is -2.10. The van der Waals surface area contributed by atoms with Gasteiger partial charge in [0.05, 0.1) is 5.00 Å². The highest BCUT2D eigenvalue weighted by molar-refractivity contribution is 7.14. The minimum absolute atomic E-state index is 0.00241. The molecule has 0 bridgehead atoms. The molecule has 2 atom stereocenters. The molecule has 2 unspecified atom stereocenters. The summed E-state index contributed by atoms with van der Waals surface area (Å²) in [5.74, 6) is -0.0112. The summed E-state index contributed by atoms with van der Waals surface area (Å²) in [5.41, 5.74) is 9.28. The van der Waals surface area contributed by atoms with Gasteiger partial charge in [0.15, 0.2) is 0 Å². The summed E-state index contributed by atoms with van der Waals surface area (Å²) in [4.78, 5) is 28.5. The number of carbonyl (C=O) groups is 2. The van der Waals surface area contributed by atoms with Crippen molar-refractivity contribution in [1.29, 1.82) is 0 Å². The Morgan fingerprint density at radius 3 is 3.00 bits per heavy atom. The highest BCUT2D eigenvalue weighted by atomic mass is 32.1. The largest absolute Gasteiger partial charge is 0.356 e. The molecule has 24 heavy (non-hydrogen) atoms. The molecule has 6 N–H and O–H groups in total. The molecule has 1 fully saturated rings. The predicted molar refractivity (Wildman–Crippen MR) is 93.0 cm³/mol. The van der Waals surface area contributed by atoms with Crippen molar-refractivity contribution in [3.63, 3.8) is 0 Å². The molecule has 2 amide bonds. The molecule has 9 heteroatoms. The molecule has 0 spiro atoms. The SMILES string of the molecule is CCC(=O)Nc1cc(C2NOC(CCC(=O)NCCCN)N2)cs1. The Kier molecular flexibility index (Phi) is 7.60. The summed E-state index contributed by atoms with van der Waals surface area (Å²) in [6.07, 6.45) is 1.80. The van der Waals surface area contributed by atoms with Crippen LogP contribution in [-0.4, -0.2) is 31.1 Å². The van der Waals surface area contributed by atoms with E-state index in [1.165, 1.54) is 11.3 Å². The quantitative estimate of drug-likeness (QED) is 0.418. The average Bonchev–Trinajstić information content (AvgIpc) is 3.22. The third-order valence-electron chi connectivity index (χ3n) is 3.55. The van der Waals surface area contributed by atoms with Crippen molar-refractivity contribution in [2.45, 2.75) is 45.0 Å². The minimum atomic E-state index is -0.233. The van der Waals surface area contributed by atoms with E-state index in [0.29, 0.717) is 32.4 Å². The number of nitrogens with one attached hydrogen (secondary N) is 4. The summed E-state index contributed by atoms with van der Waals surface area (Å²) in [5, 5.41) is 11.7. The van der Waals surface area contributed by atoms with Crippen LogP contribution in [-0.2, 0) is 14.4 Å². The first kappa shape index (κ1) is 18.8. The number of hydrogen-bond donors (Lipinski definition) is 5. The van der Waals surface area contributed by atoms with Crippen LogP contribution in [0.2, 0.25) is 0 Å². The zero-order valence-corrected chi connectivity index (χ0v) is 14.6. The van der Waals surface area contributed by atoms with Crippen LogP contribution in [0.3, 0.4) is 0 Å². The van der Waals surface area contributed by atoms with Gasteiger partial charge in [-0.25, -0.2) is 0 Å². The maximum atomic E-state index is 11.7. The van der Waals surface area contributed by atoms with Crippen LogP contribution >= 0.6 is 11.3 Å². The number of amides is 2. The van der Waals surface area contributed by atoms with Gasteiger partial charge in [-0.3, -0.25) is 19.7 Å². The molecule has 1 aliphatic heterocycles. The fraction of sp³-hybridized carbons (Fsp3) is 0.600. The number of hydroxylamine groups is 1. The zero-order chi connectivity index (χ0) is 17.4. The van der Waals surface area contributed by atoms with Crippen LogP contribution in [0.5, 0.6) is 0 Å². The van der Waals surface area contributed by atoms with Gasteiger partial charge >= 0.3 is 0 Å². The number of carbonyl (C=O) groups excluding carboxylic acids is 2. The topological polar surface area (TPSA) is 118 Å². The number of rotatable bonds is 9. The van der Waals surface area contributed by atoms with Crippen molar-refractivity contribution in [3.05, 3.63) is 17.0 Å². The minimum Gasteiger partial charge on any atom is -0.356 e. The molecule has 0 saturated carbocycles. The fourth-order valence-electron chi connectivity index (χ4n) is 2.18. The maximum Gasteiger partial charge on any atom is 0.224 e. The Bertz CT molecular complexity index is 551. The molecule has 0 aliphatic carbocycles. The highest BCUT2D eigenvalue weighted by Gasteiger charge is 2.26. The molecule has 8 nitrogen and oxygen atoms in total. The van der Waals surface area contributed by atoms with Crippen molar-refractivity contribution >= 4 is 28.2 Å². The normalized spacial score (nSPS) is 20.1. The lowest BCUT2D eigenvalue weighted by atomic mass is 10.2. The fourth-order valence-corrected chi connectivity index (χ4v) is 3.03. The van der Waals surface area contributed by atoms with Crippen molar-refractivity contribution in [2.24, 2.45) is 5.73 Å².